The maximum atomic E-state index is 11.4. The van der Waals surface area contributed by atoms with E-state index in [4.69, 9.17) is 25.7 Å². The Kier molecular flexibility index (Phi) is 5.17. The number of carbonyl (C=O) groups excluding carboxylic acids is 1. The molecule has 6 nitrogen and oxygen atoms in total. The lowest BCUT2D eigenvalue weighted by Gasteiger charge is -2.23. The van der Waals surface area contributed by atoms with E-state index in [1.807, 2.05) is 18.2 Å². The van der Waals surface area contributed by atoms with E-state index in [0.717, 1.165) is 12.0 Å². The summed E-state index contributed by atoms with van der Waals surface area (Å²) in [4.78, 5) is 11.4. The van der Waals surface area contributed by atoms with Crippen molar-refractivity contribution < 1.29 is 14.3 Å². The predicted molar refractivity (Wildman–Crippen MR) is 93.8 cm³/mol. The van der Waals surface area contributed by atoms with E-state index in [9.17, 15) is 4.79 Å². The molecule has 2 N–H and O–H groups in total. The molecule has 1 unspecified atom stereocenters. The molecule has 2 heterocycles. The van der Waals surface area contributed by atoms with Crippen LogP contribution in [0.2, 0.25) is 0 Å². The maximum Gasteiger partial charge on any atom is 0.170 e. The molecule has 0 fully saturated rings. The molecular weight excluding hydrogens is 330 g/mol. The fraction of sp³-hybridized carbons (Fsp3) is 0.250. The van der Waals surface area contributed by atoms with E-state index >= 15 is 0 Å². The molecule has 2 aromatic rings. The van der Waals surface area contributed by atoms with Crippen LogP contribution in [-0.2, 0) is 0 Å². The van der Waals surface area contributed by atoms with Crippen molar-refractivity contribution >= 4 is 5.78 Å². The normalized spacial score (nSPS) is 17.0. The van der Waals surface area contributed by atoms with Gasteiger partial charge in [-0.05, 0) is 18.2 Å². The first kappa shape index (κ1) is 17.5. The van der Waals surface area contributed by atoms with Crippen LogP contribution >= 0.6 is 0 Å². The summed E-state index contributed by atoms with van der Waals surface area (Å²) < 4.78 is 10.7. The minimum Gasteiger partial charge on any atom is -0.492 e. The number of ether oxygens (including phenoxy) is 2. The Balaban J connectivity index is 0.000000151. The van der Waals surface area contributed by atoms with Gasteiger partial charge in [-0.2, -0.15) is 10.5 Å². The molecule has 0 radical (unpaired) electrons. The largest absolute Gasteiger partial charge is 0.492 e. The van der Waals surface area contributed by atoms with Gasteiger partial charge in [-0.3, -0.25) is 4.79 Å². The van der Waals surface area contributed by atoms with Crippen molar-refractivity contribution in [3.8, 4) is 23.6 Å². The monoisotopic (exact) mass is 347 g/mol. The van der Waals surface area contributed by atoms with Gasteiger partial charge in [0, 0.05) is 24.4 Å². The number of para-hydroxylation sites is 2. The number of nitrogens with two attached hydrogens (primary N) is 1. The van der Waals surface area contributed by atoms with E-state index in [-0.39, 0.29) is 11.8 Å². The minimum absolute atomic E-state index is 0.0112. The van der Waals surface area contributed by atoms with Crippen molar-refractivity contribution in [3.05, 3.63) is 58.7 Å². The zero-order valence-electron chi connectivity index (χ0n) is 14.1. The molecule has 0 aliphatic carbocycles. The van der Waals surface area contributed by atoms with Crippen LogP contribution in [0.25, 0.3) is 0 Å². The number of carbonyl (C=O) groups is 1. The number of hydrogen-bond acceptors (Lipinski definition) is 6. The molecule has 0 bridgehead atoms. The second-order valence-electron chi connectivity index (χ2n) is 5.90. The number of benzene rings is 2. The third-order valence-corrected chi connectivity index (χ3v) is 4.25. The van der Waals surface area contributed by atoms with E-state index in [2.05, 4.69) is 6.07 Å². The zero-order valence-corrected chi connectivity index (χ0v) is 14.1. The number of nitriles is 2. The number of hydrogen-bond donors (Lipinski definition) is 1. The van der Waals surface area contributed by atoms with Crippen molar-refractivity contribution in [1.82, 2.24) is 0 Å². The molecule has 2 aliphatic rings. The van der Waals surface area contributed by atoms with Crippen molar-refractivity contribution in [3.63, 3.8) is 0 Å². The van der Waals surface area contributed by atoms with Crippen molar-refractivity contribution in [1.29, 1.82) is 10.5 Å². The van der Waals surface area contributed by atoms with Gasteiger partial charge < -0.3 is 15.2 Å². The average molecular weight is 347 g/mol. The highest BCUT2D eigenvalue weighted by Gasteiger charge is 2.21. The second-order valence-corrected chi connectivity index (χ2v) is 5.90. The summed E-state index contributed by atoms with van der Waals surface area (Å²) in [5, 5.41) is 17.5. The standard InChI is InChI=1S/C10H10N2O.C10H7NO2/c2*11-6-7-2-1-3-8-9(12)4-5-13-10(7)8/h1-3,9H,4-5,12H2;1-3H,4-5H2. The van der Waals surface area contributed by atoms with Gasteiger partial charge in [0.15, 0.2) is 5.78 Å². The lowest BCUT2D eigenvalue weighted by Crippen LogP contribution is -2.21. The summed E-state index contributed by atoms with van der Waals surface area (Å²) in [5.41, 5.74) is 8.37. The Bertz CT molecular complexity index is 925. The van der Waals surface area contributed by atoms with Gasteiger partial charge in [0.2, 0.25) is 0 Å². The first-order chi connectivity index (χ1) is 12.7. The SMILES string of the molecule is N#Cc1cccc2c1OCCC2=O.N#Cc1cccc2c1OCCC2N. The van der Waals surface area contributed by atoms with Crippen LogP contribution in [0.3, 0.4) is 0 Å². The summed E-state index contributed by atoms with van der Waals surface area (Å²) in [6, 6.07) is 14.6. The van der Waals surface area contributed by atoms with Gasteiger partial charge in [-0.15, -0.1) is 0 Å². The van der Waals surface area contributed by atoms with Crippen LogP contribution in [-0.4, -0.2) is 19.0 Å². The van der Waals surface area contributed by atoms with Crippen LogP contribution in [0, 0.1) is 22.7 Å². The van der Waals surface area contributed by atoms with Crippen LogP contribution in [0.4, 0.5) is 0 Å². The molecule has 0 saturated carbocycles. The van der Waals surface area contributed by atoms with Gasteiger partial charge >= 0.3 is 0 Å². The second kappa shape index (κ2) is 7.69. The van der Waals surface area contributed by atoms with Crippen LogP contribution in [0.15, 0.2) is 36.4 Å². The van der Waals surface area contributed by atoms with Gasteiger partial charge in [-0.1, -0.05) is 18.2 Å². The summed E-state index contributed by atoms with van der Waals surface area (Å²) in [6.07, 6.45) is 1.23. The lowest BCUT2D eigenvalue weighted by atomic mass is 9.99. The number of ketones is 1. The molecule has 4 rings (SSSR count). The highest BCUT2D eigenvalue weighted by Crippen LogP contribution is 2.33. The lowest BCUT2D eigenvalue weighted by molar-refractivity contribution is 0.0933. The first-order valence-corrected chi connectivity index (χ1v) is 8.26. The molecule has 0 saturated heterocycles. The number of Topliss-reactive ketones (excluding diaryl/α,β-unsaturated/α-hetero) is 1. The van der Waals surface area contributed by atoms with Crippen LogP contribution in [0.1, 0.15) is 45.9 Å². The van der Waals surface area contributed by atoms with E-state index in [1.54, 1.807) is 24.3 Å². The van der Waals surface area contributed by atoms with Gasteiger partial charge in [-0.25, -0.2) is 0 Å². The Labute approximate surface area is 151 Å². The van der Waals surface area contributed by atoms with Crippen LogP contribution < -0.4 is 15.2 Å². The third-order valence-electron chi connectivity index (χ3n) is 4.25. The first-order valence-electron chi connectivity index (χ1n) is 8.26. The third kappa shape index (κ3) is 3.37. The molecule has 1 atom stereocenters. The molecular formula is C20H17N3O3. The van der Waals surface area contributed by atoms with E-state index < -0.39 is 0 Å². The quantitative estimate of drug-likeness (QED) is 0.785. The molecule has 26 heavy (non-hydrogen) atoms. The summed E-state index contributed by atoms with van der Waals surface area (Å²) in [5.74, 6) is 1.17. The van der Waals surface area contributed by atoms with E-state index in [0.29, 0.717) is 47.8 Å². The Morgan fingerprint density at radius 3 is 2.35 bits per heavy atom. The summed E-state index contributed by atoms with van der Waals surface area (Å²) >= 11 is 0. The average Bonchev–Trinajstić information content (AvgIpc) is 2.68. The van der Waals surface area contributed by atoms with E-state index in [1.165, 1.54) is 0 Å². The van der Waals surface area contributed by atoms with Crippen LogP contribution in [0.5, 0.6) is 11.5 Å². The topological polar surface area (TPSA) is 109 Å². The van der Waals surface area contributed by atoms with Gasteiger partial charge in [0.1, 0.15) is 23.6 Å². The molecule has 0 amide bonds. The number of nitrogens with zero attached hydrogens (tertiary/aromatic N) is 2. The Morgan fingerprint density at radius 1 is 0.962 bits per heavy atom. The van der Waals surface area contributed by atoms with Crippen molar-refractivity contribution in [2.45, 2.75) is 18.9 Å². The molecule has 0 aromatic heterocycles. The number of rotatable bonds is 0. The molecule has 0 spiro atoms. The van der Waals surface area contributed by atoms with Crippen molar-refractivity contribution in [2.24, 2.45) is 5.73 Å². The maximum absolute atomic E-state index is 11.4. The highest BCUT2D eigenvalue weighted by atomic mass is 16.5. The Morgan fingerprint density at radius 2 is 1.62 bits per heavy atom. The van der Waals surface area contributed by atoms with Crippen molar-refractivity contribution in [2.75, 3.05) is 13.2 Å². The smallest absolute Gasteiger partial charge is 0.170 e. The summed E-state index contributed by atoms with van der Waals surface area (Å²) in [7, 11) is 0. The van der Waals surface area contributed by atoms with Gasteiger partial charge in [0.25, 0.3) is 0 Å². The predicted octanol–water partition coefficient (Wildman–Crippen LogP) is 2.86. The Hall–Kier alpha value is -3.35. The minimum atomic E-state index is 0.0112. The molecule has 130 valence electrons. The zero-order chi connectivity index (χ0) is 18.5. The van der Waals surface area contributed by atoms with Gasteiger partial charge in [0.05, 0.1) is 29.9 Å². The molecule has 2 aromatic carbocycles. The highest BCUT2D eigenvalue weighted by molar-refractivity contribution is 6.00. The fourth-order valence-corrected chi connectivity index (χ4v) is 2.92. The number of fused-ring (bicyclic) bond motifs is 2. The molecule has 2 aliphatic heterocycles. The fourth-order valence-electron chi connectivity index (χ4n) is 2.92. The summed E-state index contributed by atoms with van der Waals surface area (Å²) in [6.45, 7) is 0.984. The molecule has 6 heteroatoms.